The van der Waals surface area contributed by atoms with Crippen molar-refractivity contribution in [1.82, 2.24) is 0 Å². The van der Waals surface area contributed by atoms with E-state index in [1.165, 1.54) is 31.2 Å². The maximum atomic E-state index is 6.02. The van der Waals surface area contributed by atoms with Gasteiger partial charge in [0.25, 0.3) is 0 Å². The van der Waals surface area contributed by atoms with Crippen LogP contribution >= 0.6 is 0 Å². The van der Waals surface area contributed by atoms with Crippen LogP contribution in [0.25, 0.3) is 0 Å². The average Bonchev–Trinajstić information content (AvgIpc) is 2.32. The van der Waals surface area contributed by atoms with Gasteiger partial charge in [-0.05, 0) is 37.2 Å². The molecule has 0 bridgehead atoms. The predicted octanol–water partition coefficient (Wildman–Crippen LogP) is 3.09. The second-order valence-corrected chi connectivity index (χ2v) is 5.03. The molecule has 2 rings (SSSR count). The molecule has 0 aliphatic heterocycles. The van der Waals surface area contributed by atoms with E-state index in [0.29, 0.717) is 0 Å². The quantitative estimate of drug-likeness (QED) is 0.785. The van der Waals surface area contributed by atoms with Crippen LogP contribution in [0.5, 0.6) is 0 Å². The molecule has 1 aliphatic rings. The van der Waals surface area contributed by atoms with Gasteiger partial charge in [-0.3, -0.25) is 0 Å². The average molecular weight is 203 g/mol. The fraction of sp³-hybridized carbons (Fsp3) is 0.571. The summed E-state index contributed by atoms with van der Waals surface area (Å²) < 4.78 is 0. The van der Waals surface area contributed by atoms with Gasteiger partial charge in [0.2, 0.25) is 0 Å². The minimum absolute atomic E-state index is 0.272. The topological polar surface area (TPSA) is 26.0 Å². The third kappa shape index (κ3) is 2.07. The zero-order valence-electron chi connectivity index (χ0n) is 9.58. The first kappa shape index (κ1) is 10.7. The van der Waals surface area contributed by atoms with Crippen molar-refractivity contribution in [3.8, 4) is 0 Å². The monoisotopic (exact) mass is 203 g/mol. The van der Waals surface area contributed by atoms with Gasteiger partial charge in [0.05, 0.1) is 0 Å². The smallest absolute Gasteiger partial charge is 0.00757 e. The molecule has 1 aliphatic carbocycles. The molecule has 1 saturated carbocycles. The largest absolute Gasteiger partial charge is 0.330 e. The normalized spacial score (nSPS) is 31.5. The van der Waals surface area contributed by atoms with Crippen molar-refractivity contribution in [3.63, 3.8) is 0 Å². The van der Waals surface area contributed by atoms with Crippen LogP contribution in [-0.2, 0) is 5.41 Å². The van der Waals surface area contributed by atoms with Gasteiger partial charge >= 0.3 is 0 Å². The van der Waals surface area contributed by atoms with Crippen molar-refractivity contribution in [3.05, 3.63) is 35.9 Å². The number of benzene rings is 1. The number of nitrogens with two attached hydrogens (primary N) is 1. The maximum absolute atomic E-state index is 6.02. The summed E-state index contributed by atoms with van der Waals surface area (Å²) in [5.74, 6) is 0.883. The standard InChI is InChI=1S/C14H21N/c1-12-7-9-14(11-15,10-8-12)13-5-3-2-4-6-13/h2-6,12H,7-11,15H2,1H3. The van der Waals surface area contributed by atoms with Crippen LogP contribution < -0.4 is 5.73 Å². The van der Waals surface area contributed by atoms with Gasteiger partial charge in [-0.15, -0.1) is 0 Å². The molecule has 1 nitrogen and oxygen atoms in total. The van der Waals surface area contributed by atoms with Crippen LogP contribution in [0.15, 0.2) is 30.3 Å². The molecular formula is C14H21N. The highest BCUT2D eigenvalue weighted by Gasteiger charge is 2.34. The Kier molecular flexibility index (Phi) is 3.11. The van der Waals surface area contributed by atoms with Crippen LogP contribution in [0.4, 0.5) is 0 Å². The molecule has 0 radical (unpaired) electrons. The fourth-order valence-corrected chi connectivity index (χ4v) is 2.72. The first-order valence-corrected chi connectivity index (χ1v) is 6.02. The van der Waals surface area contributed by atoms with Crippen LogP contribution in [-0.4, -0.2) is 6.54 Å². The van der Waals surface area contributed by atoms with Gasteiger partial charge < -0.3 is 5.73 Å². The number of rotatable bonds is 2. The first-order valence-electron chi connectivity index (χ1n) is 6.02. The summed E-state index contributed by atoms with van der Waals surface area (Å²) in [5.41, 5.74) is 7.73. The van der Waals surface area contributed by atoms with E-state index < -0.39 is 0 Å². The van der Waals surface area contributed by atoms with Gasteiger partial charge in [-0.2, -0.15) is 0 Å². The molecule has 0 amide bonds. The molecule has 1 fully saturated rings. The maximum Gasteiger partial charge on any atom is 0.00757 e. The third-order valence-electron chi connectivity index (χ3n) is 4.01. The Labute approximate surface area is 92.7 Å². The Morgan fingerprint density at radius 3 is 2.33 bits per heavy atom. The molecule has 15 heavy (non-hydrogen) atoms. The van der Waals surface area contributed by atoms with E-state index in [2.05, 4.69) is 37.3 Å². The van der Waals surface area contributed by atoms with Gasteiger partial charge in [0.1, 0.15) is 0 Å². The Bertz CT molecular complexity index is 296. The van der Waals surface area contributed by atoms with Crippen molar-refractivity contribution in [1.29, 1.82) is 0 Å². The predicted molar refractivity (Wildman–Crippen MR) is 64.8 cm³/mol. The zero-order chi connectivity index (χ0) is 10.7. The SMILES string of the molecule is CC1CCC(CN)(c2ccccc2)CC1. The number of hydrogen-bond donors (Lipinski definition) is 1. The Morgan fingerprint density at radius 1 is 1.20 bits per heavy atom. The molecule has 0 spiro atoms. The summed E-state index contributed by atoms with van der Waals surface area (Å²) in [5, 5.41) is 0. The van der Waals surface area contributed by atoms with E-state index in [9.17, 15) is 0 Å². The molecule has 82 valence electrons. The van der Waals surface area contributed by atoms with Gasteiger partial charge in [0.15, 0.2) is 0 Å². The van der Waals surface area contributed by atoms with Gasteiger partial charge in [-0.1, -0.05) is 37.3 Å². The molecule has 0 heterocycles. The van der Waals surface area contributed by atoms with Crippen molar-refractivity contribution in [2.45, 2.75) is 38.0 Å². The molecular weight excluding hydrogens is 182 g/mol. The van der Waals surface area contributed by atoms with Crippen LogP contribution in [0.1, 0.15) is 38.2 Å². The van der Waals surface area contributed by atoms with E-state index in [-0.39, 0.29) is 5.41 Å². The second-order valence-electron chi connectivity index (χ2n) is 5.03. The lowest BCUT2D eigenvalue weighted by molar-refractivity contribution is 0.247. The van der Waals surface area contributed by atoms with Crippen molar-refractivity contribution >= 4 is 0 Å². The highest BCUT2D eigenvalue weighted by molar-refractivity contribution is 5.26. The van der Waals surface area contributed by atoms with E-state index in [4.69, 9.17) is 5.73 Å². The van der Waals surface area contributed by atoms with Crippen LogP contribution in [0.2, 0.25) is 0 Å². The highest BCUT2D eigenvalue weighted by Crippen LogP contribution is 2.40. The van der Waals surface area contributed by atoms with Gasteiger partial charge in [-0.25, -0.2) is 0 Å². The molecule has 2 N–H and O–H groups in total. The first-order chi connectivity index (χ1) is 7.27. The molecule has 1 aromatic rings. The molecule has 0 unspecified atom stereocenters. The molecule has 0 saturated heterocycles. The third-order valence-corrected chi connectivity index (χ3v) is 4.01. The summed E-state index contributed by atoms with van der Waals surface area (Å²) >= 11 is 0. The molecule has 0 aromatic heterocycles. The lowest BCUT2D eigenvalue weighted by Gasteiger charge is -2.39. The zero-order valence-corrected chi connectivity index (χ0v) is 9.58. The van der Waals surface area contributed by atoms with E-state index in [1.807, 2.05) is 0 Å². The van der Waals surface area contributed by atoms with Crippen LogP contribution in [0, 0.1) is 5.92 Å². The molecule has 1 aromatic carbocycles. The summed E-state index contributed by atoms with van der Waals surface area (Å²) in [4.78, 5) is 0. The summed E-state index contributed by atoms with van der Waals surface area (Å²) in [6.45, 7) is 3.15. The summed E-state index contributed by atoms with van der Waals surface area (Å²) in [7, 11) is 0. The number of hydrogen-bond acceptors (Lipinski definition) is 1. The Balaban J connectivity index is 2.23. The minimum atomic E-state index is 0.272. The summed E-state index contributed by atoms with van der Waals surface area (Å²) in [6.07, 6.45) is 5.17. The molecule has 1 heteroatoms. The minimum Gasteiger partial charge on any atom is -0.330 e. The Hall–Kier alpha value is -0.820. The van der Waals surface area contributed by atoms with Crippen LogP contribution in [0.3, 0.4) is 0 Å². The summed E-state index contributed by atoms with van der Waals surface area (Å²) in [6, 6.07) is 10.8. The van der Waals surface area contributed by atoms with E-state index >= 15 is 0 Å². The lowest BCUT2D eigenvalue weighted by atomic mass is 9.67. The second kappa shape index (κ2) is 4.36. The lowest BCUT2D eigenvalue weighted by Crippen LogP contribution is -2.38. The Morgan fingerprint density at radius 2 is 1.80 bits per heavy atom. The fourth-order valence-electron chi connectivity index (χ4n) is 2.72. The van der Waals surface area contributed by atoms with Crippen molar-refractivity contribution in [2.75, 3.05) is 6.54 Å². The van der Waals surface area contributed by atoms with E-state index in [0.717, 1.165) is 12.5 Å². The van der Waals surface area contributed by atoms with Crippen molar-refractivity contribution in [2.24, 2.45) is 11.7 Å². The van der Waals surface area contributed by atoms with Gasteiger partial charge in [0, 0.05) is 12.0 Å². The molecule has 0 atom stereocenters. The highest BCUT2D eigenvalue weighted by atomic mass is 14.6. The van der Waals surface area contributed by atoms with E-state index in [1.54, 1.807) is 0 Å². The van der Waals surface area contributed by atoms with Crippen molar-refractivity contribution < 1.29 is 0 Å².